The zero-order valence-electron chi connectivity index (χ0n) is 15.7. The van der Waals surface area contributed by atoms with Crippen LogP contribution in [0.15, 0.2) is 36.7 Å². The van der Waals surface area contributed by atoms with Crippen LogP contribution in [0.4, 0.5) is 5.95 Å². The SMILES string of the molecule is CC.[B]c1ccc2c(c1)C1(CCC1)CN(CC(=O)Nc1ncccn1)C2=O.[HH]. The van der Waals surface area contributed by atoms with E-state index < -0.39 is 0 Å². The van der Waals surface area contributed by atoms with Crippen molar-refractivity contribution in [1.82, 2.24) is 14.9 Å². The first-order valence-electron chi connectivity index (χ1n) is 9.34. The molecule has 2 heterocycles. The highest BCUT2D eigenvalue weighted by molar-refractivity contribution is 6.32. The zero-order valence-corrected chi connectivity index (χ0v) is 15.7. The van der Waals surface area contributed by atoms with Gasteiger partial charge in [-0.3, -0.25) is 14.9 Å². The predicted molar refractivity (Wildman–Crippen MR) is 107 cm³/mol. The minimum Gasteiger partial charge on any atom is -0.328 e. The van der Waals surface area contributed by atoms with Crippen molar-refractivity contribution < 1.29 is 11.0 Å². The van der Waals surface area contributed by atoms with E-state index >= 15 is 0 Å². The Morgan fingerprint density at radius 2 is 2.00 bits per heavy atom. The van der Waals surface area contributed by atoms with Crippen LogP contribution >= 0.6 is 0 Å². The van der Waals surface area contributed by atoms with Gasteiger partial charge < -0.3 is 4.90 Å². The number of aromatic nitrogens is 2. The van der Waals surface area contributed by atoms with Crippen LogP contribution in [0.1, 0.15) is 50.5 Å². The van der Waals surface area contributed by atoms with Crippen LogP contribution in [-0.2, 0) is 10.2 Å². The Hall–Kier alpha value is -2.70. The molecule has 1 aliphatic heterocycles. The number of anilines is 1. The van der Waals surface area contributed by atoms with Crippen molar-refractivity contribution in [2.45, 2.75) is 38.5 Å². The van der Waals surface area contributed by atoms with E-state index in [1.165, 1.54) is 0 Å². The topological polar surface area (TPSA) is 75.2 Å². The fraction of sp³-hybridized carbons (Fsp3) is 0.400. The summed E-state index contributed by atoms with van der Waals surface area (Å²) in [7, 11) is 5.93. The molecule has 0 atom stereocenters. The summed E-state index contributed by atoms with van der Waals surface area (Å²) in [6.45, 7) is 4.54. The molecule has 0 bridgehead atoms. The molecule has 2 aromatic rings. The van der Waals surface area contributed by atoms with Crippen molar-refractivity contribution in [1.29, 1.82) is 0 Å². The van der Waals surface area contributed by atoms with Gasteiger partial charge in [0.05, 0.1) is 0 Å². The number of rotatable bonds is 3. The van der Waals surface area contributed by atoms with Gasteiger partial charge in [-0.05, 0) is 30.5 Å². The Kier molecular flexibility index (Phi) is 5.58. The highest BCUT2D eigenvalue weighted by Gasteiger charge is 2.47. The highest BCUT2D eigenvalue weighted by atomic mass is 16.2. The van der Waals surface area contributed by atoms with Gasteiger partial charge in [0.1, 0.15) is 14.4 Å². The number of carbonyl (C=O) groups is 2. The Labute approximate surface area is 162 Å². The van der Waals surface area contributed by atoms with Gasteiger partial charge >= 0.3 is 0 Å². The average Bonchev–Trinajstić information content (AvgIpc) is 2.65. The maximum absolute atomic E-state index is 12.8. The average molecular weight is 364 g/mol. The number of hydrogen-bond donors (Lipinski definition) is 1. The number of benzene rings is 1. The third-order valence-corrected chi connectivity index (χ3v) is 5.09. The fourth-order valence-corrected chi connectivity index (χ4v) is 3.74. The minimum absolute atomic E-state index is 0. The van der Waals surface area contributed by atoms with Gasteiger partial charge in [-0.25, -0.2) is 9.97 Å². The van der Waals surface area contributed by atoms with Crippen molar-refractivity contribution in [2.75, 3.05) is 18.4 Å². The maximum atomic E-state index is 12.8. The lowest BCUT2D eigenvalue weighted by Crippen LogP contribution is -2.54. The second kappa shape index (κ2) is 7.90. The summed E-state index contributed by atoms with van der Waals surface area (Å²) in [5.74, 6) is -0.187. The summed E-state index contributed by atoms with van der Waals surface area (Å²) in [5.41, 5.74) is 2.29. The molecule has 27 heavy (non-hydrogen) atoms. The molecular weight excluding hydrogens is 339 g/mol. The van der Waals surface area contributed by atoms with E-state index in [9.17, 15) is 9.59 Å². The van der Waals surface area contributed by atoms with E-state index in [4.69, 9.17) is 7.85 Å². The van der Waals surface area contributed by atoms with E-state index in [-0.39, 0.29) is 31.1 Å². The molecule has 4 rings (SSSR count). The molecule has 2 aliphatic rings. The second-order valence-corrected chi connectivity index (χ2v) is 6.72. The Morgan fingerprint density at radius 1 is 1.30 bits per heavy atom. The van der Waals surface area contributed by atoms with Gasteiger partial charge in [0.15, 0.2) is 0 Å². The monoisotopic (exact) mass is 364 g/mol. The Bertz CT molecular complexity index is 843. The van der Waals surface area contributed by atoms with Crippen LogP contribution in [0.3, 0.4) is 0 Å². The molecule has 2 radical (unpaired) electrons. The molecule has 0 saturated heterocycles. The first-order chi connectivity index (χ1) is 13.1. The summed E-state index contributed by atoms with van der Waals surface area (Å²) in [6, 6.07) is 7.11. The van der Waals surface area contributed by atoms with Gasteiger partial charge in [0.25, 0.3) is 5.91 Å². The van der Waals surface area contributed by atoms with Crippen LogP contribution < -0.4 is 10.8 Å². The largest absolute Gasteiger partial charge is 0.328 e. The molecule has 0 unspecified atom stereocenters. The summed E-state index contributed by atoms with van der Waals surface area (Å²) in [5, 5.41) is 2.63. The van der Waals surface area contributed by atoms with Crippen LogP contribution in [0.5, 0.6) is 0 Å². The number of amides is 2. The number of nitrogens with zero attached hydrogens (tertiary/aromatic N) is 3. The standard InChI is InChI=1S/C18H17BN4O2.C2H6.H2/c19-12-3-4-13-14(9-12)18(5-1-6-18)11-23(16(13)25)10-15(24)22-17-20-7-2-8-21-17;1-2;/h2-4,7-9H,1,5-6,10-11H2,(H,20,21,22,24);1-2H3;1H. The maximum Gasteiger partial charge on any atom is 0.254 e. The van der Waals surface area contributed by atoms with E-state index in [0.29, 0.717) is 17.6 Å². The van der Waals surface area contributed by atoms with Crippen LogP contribution in [0, 0.1) is 0 Å². The molecule has 7 heteroatoms. The van der Waals surface area contributed by atoms with Crippen LogP contribution in [-0.4, -0.2) is 47.6 Å². The molecule has 1 aromatic heterocycles. The van der Waals surface area contributed by atoms with Crippen molar-refractivity contribution in [3.63, 3.8) is 0 Å². The molecule has 1 saturated carbocycles. The summed E-state index contributed by atoms with van der Waals surface area (Å²) in [6.07, 6.45) is 6.25. The summed E-state index contributed by atoms with van der Waals surface area (Å²) in [4.78, 5) is 34.7. The Morgan fingerprint density at radius 3 is 2.63 bits per heavy atom. The Balaban J connectivity index is 0.000000906. The molecule has 1 aliphatic carbocycles. The van der Waals surface area contributed by atoms with Crippen LogP contribution in [0.2, 0.25) is 0 Å². The lowest BCUT2D eigenvalue weighted by Gasteiger charge is -2.49. The molecule has 1 aromatic carbocycles. The van der Waals surface area contributed by atoms with Crippen LogP contribution in [0.25, 0.3) is 0 Å². The van der Waals surface area contributed by atoms with Gasteiger partial charge in [0, 0.05) is 31.3 Å². The molecule has 140 valence electrons. The molecule has 2 amide bonds. The molecule has 1 N–H and O–H groups in total. The number of fused-ring (bicyclic) bond motifs is 2. The first kappa shape index (κ1) is 19.1. The van der Waals surface area contributed by atoms with E-state index in [2.05, 4.69) is 15.3 Å². The normalized spacial score (nSPS) is 16.7. The van der Waals surface area contributed by atoms with Gasteiger partial charge in [-0.15, -0.1) is 0 Å². The van der Waals surface area contributed by atoms with E-state index in [0.717, 1.165) is 24.8 Å². The lowest BCUT2D eigenvalue weighted by molar-refractivity contribution is -0.117. The third kappa shape index (κ3) is 3.72. The zero-order chi connectivity index (χ0) is 19.4. The van der Waals surface area contributed by atoms with Crippen molar-refractivity contribution >= 4 is 31.1 Å². The number of hydrogen-bond acceptors (Lipinski definition) is 4. The van der Waals surface area contributed by atoms with Gasteiger partial charge in [0.2, 0.25) is 11.9 Å². The minimum atomic E-state index is -0.298. The highest BCUT2D eigenvalue weighted by Crippen LogP contribution is 2.47. The smallest absolute Gasteiger partial charge is 0.254 e. The third-order valence-electron chi connectivity index (χ3n) is 5.09. The fourth-order valence-electron chi connectivity index (χ4n) is 3.74. The van der Waals surface area contributed by atoms with Crippen molar-refractivity contribution in [3.05, 3.63) is 47.8 Å². The lowest BCUT2D eigenvalue weighted by atomic mass is 9.61. The summed E-state index contributed by atoms with van der Waals surface area (Å²) < 4.78 is 0. The summed E-state index contributed by atoms with van der Waals surface area (Å²) >= 11 is 0. The van der Waals surface area contributed by atoms with E-state index in [1.807, 2.05) is 19.9 Å². The second-order valence-electron chi connectivity index (χ2n) is 6.72. The van der Waals surface area contributed by atoms with Gasteiger partial charge in [-0.1, -0.05) is 37.9 Å². The number of nitrogens with one attached hydrogen (secondary N) is 1. The van der Waals surface area contributed by atoms with E-state index in [1.54, 1.807) is 35.5 Å². The van der Waals surface area contributed by atoms with Crippen molar-refractivity contribution in [2.24, 2.45) is 0 Å². The predicted octanol–water partition coefficient (Wildman–Crippen LogP) is 2.06. The van der Waals surface area contributed by atoms with Gasteiger partial charge in [-0.2, -0.15) is 0 Å². The first-order valence-corrected chi connectivity index (χ1v) is 9.34. The number of carbonyl (C=O) groups excluding carboxylic acids is 2. The molecular formula is C20H25BN4O2. The molecule has 1 fully saturated rings. The van der Waals surface area contributed by atoms with Crippen molar-refractivity contribution in [3.8, 4) is 0 Å². The molecule has 1 spiro atoms. The quantitative estimate of drug-likeness (QED) is 0.846. The molecule has 6 nitrogen and oxygen atoms in total.